The van der Waals surface area contributed by atoms with E-state index >= 15 is 0 Å². The molecule has 0 bridgehead atoms. The third-order valence-corrected chi connectivity index (χ3v) is 2.91. The summed E-state index contributed by atoms with van der Waals surface area (Å²) >= 11 is 0. The molecule has 0 radical (unpaired) electrons. The number of esters is 1. The minimum Gasteiger partial charge on any atom is -0.469 e. The highest BCUT2D eigenvalue weighted by atomic mass is 16.5. The minimum absolute atomic E-state index is 0.0475. The van der Waals surface area contributed by atoms with Crippen LogP contribution in [0.25, 0.3) is 0 Å². The molecule has 5 nitrogen and oxygen atoms in total. The average Bonchev–Trinajstić information content (AvgIpc) is 2.50. The zero-order valence-electron chi connectivity index (χ0n) is 11.9. The van der Waals surface area contributed by atoms with Crippen molar-refractivity contribution >= 4 is 5.97 Å². The van der Waals surface area contributed by atoms with Crippen LogP contribution in [-0.2, 0) is 14.3 Å². The van der Waals surface area contributed by atoms with Crippen molar-refractivity contribution in [2.75, 3.05) is 40.0 Å². The Bertz CT molecular complexity index is 369. The third kappa shape index (κ3) is 6.14. The van der Waals surface area contributed by atoms with Gasteiger partial charge in [0, 0.05) is 13.2 Å². The number of carbonyl (C=O) groups excluding carboxylic acids is 1. The number of nitrogens with one attached hydrogen (secondary N) is 1. The Hall–Kier alpha value is -1.43. The number of aliphatic hydroxyl groups is 1. The van der Waals surface area contributed by atoms with E-state index in [2.05, 4.69) is 5.32 Å². The molecule has 5 heteroatoms. The molecule has 0 aliphatic carbocycles. The summed E-state index contributed by atoms with van der Waals surface area (Å²) in [5, 5.41) is 11.8. The van der Waals surface area contributed by atoms with E-state index in [1.807, 2.05) is 30.3 Å². The molecule has 0 aliphatic rings. The molecule has 20 heavy (non-hydrogen) atoms. The zero-order valence-corrected chi connectivity index (χ0v) is 11.9. The van der Waals surface area contributed by atoms with Crippen LogP contribution in [0.2, 0.25) is 0 Å². The largest absolute Gasteiger partial charge is 0.469 e. The predicted molar refractivity (Wildman–Crippen MR) is 76.6 cm³/mol. The van der Waals surface area contributed by atoms with E-state index in [9.17, 15) is 4.79 Å². The number of benzene rings is 1. The van der Waals surface area contributed by atoms with E-state index in [1.54, 1.807) is 0 Å². The molecule has 0 fully saturated rings. The quantitative estimate of drug-likeness (QED) is 0.493. The molecule has 0 saturated heterocycles. The number of rotatable bonds is 10. The van der Waals surface area contributed by atoms with Gasteiger partial charge in [-0.3, -0.25) is 4.79 Å². The fourth-order valence-corrected chi connectivity index (χ4v) is 1.88. The summed E-state index contributed by atoms with van der Waals surface area (Å²) < 4.78 is 10.0. The number of aliphatic hydroxyl groups excluding tert-OH is 1. The molecule has 0 amide bonds. The van der Waals surface area contributed by atoms with E-state index in [0.29, 0.717) is 19.8 Å². The van der Waals surface area contributed by atoms with Gasteiger partial charge >= 0.3 is 5.97 Å². The monoisotopic (exact) mass is 281 g/mol. The first-order valence-electron chi connectivity index (χ1n) is 6.81. The van der Waals surface area contributed by atoms with Gasteiger partial charge in [0.05, 0.1) is 26.2 Å². The van der Waals surface area contributed by atoms with Gasteiger partial charge in [-0.25, -0.2) is 0 Å². The molecule has 2 N–H and O–H groups in total. The smallest absolute Gasteiger partial charge is 0.314 e. The summed E-state index contributed by atoms with van der Waals surface area (Å²) in [4.78, 5) is 11.8. The molecule has 1 rings (SSSR count). The van der Waals surface area contributed by atoms with Crippen LogP contribution in [0.4, 0.5) is 0 Å². The highest BCUT2D eigenvalue weighted by molar-refractivity contribution is 5.78. The number of carbonyl (C=O) groups is 1. The lowest BCUT2D eigenvalue weighted by atomic mass is 9.99. The van der Waals surface area contributed by atoms with E-state index in [4.69, 9.17) is 14.6 Å². The number of hydrogen-bond acceptors (Lipinski definition) is 5. The maximum atomic E-state index is 11.8. The summed E-state index contributed by atoms with van der Waals surface area (Å²) in [7, 11) is 1.40. The first-order valence-corrected chi connectivity index (χ1v) is 6.81. The summed E-state index contributed by atoms with van der Waals surface area (Å²) in [5.41, 5.74) is 0.948. The summed E-state index contributed by atoms with van der Waals surface area (Å²) in [6.45, 7) is 2.31. The standard InChI is InChI=1S/C15H23NO4/c1-19-15(18)14(13-6-3-2-4-7-13)12-16-8-5-10-20-11-9-17/h2-4,6-7,14,16-17H,5,8-12H2,1H3. The molecule has 1 unspecified atom stereocenters. The Balaban J connectivity index is 2.34. The Morgan fingerprint density at radius 2 is 2.05 bits per heavy atom. The molecule has 0 saturated carbocycles. The maximum absolute atomic E-state index is 11.8. The van der Waals surface area contributed by atoms with Crippen LogP contribution in [0, 0.1) is 0 Å². The van der Waals surface area contributed by atoms with Gasteiger partial charge in [0.25, 0.3) is 0 Å². The van der Waals surface area contributed by atoms with Crippen LogP contribution in [0.5, 0.6) is 0 Å². The van der Waals surface area contributed by atoms with Crippen LogP contribution in [0.3, 0.4) is 0 Å². The first kappa shape index (κ1) is 16.6. The molecule has 0 aliphatic heterocycles. The van der Waals surface area contributed by atoms with E-state index in [-0.39, 0.29) is 18.5 Å². The van der Waals surface area contributed by atoms with Gasteiger partial charge in [0.1, 0.15) is 0 Å². The molecule has 1 aromatic rings. The van der Waals surface area contributed by atoms with Crippen molar-refractivity contribution in [1.29, 1.82) is 0 Å². The Morgan fingerprint density at radius 3 is 2.70 bits per heavy atom. The lowest BCUT2D eigenvalue weighted by molar-refractivity contribution is -0.142. The fourth-order valence-electron chi connectivity index (χ4n) is 1.88. The molecule has 112 valence electrons. The first-order chi connectivity index (χ1) is 9.79. The topological polar surface area (TPSA) is 67.8 Å². The second-order valence-electron chi connectivity index (χ2n) is 4.38. The second-order valence-corrected chi connectivity index (χ2v) is 4.38. The van der Waals surface area contributed by atoms with Crippen molar-refractivity contribution in [1.82, 2.24) is 5.32 Å². The van der Waals surface area contributed by atoms with Crippen LogP contribution in [0.1, 0.15) is 17.9 Å². The van der Waals surface area contributed by atoms with Gasteiger partial charge in [-0.1, -0.05) is 30.3 Å². The Labute approximate surface area is 119 Å². The number of ether oxygens (including phenoxy) is 2. The molecule has 0 spiro atoms. The van der Waals surface area contributed by atoms with Gasteiger partial charge in [0.15, 0.2) is 0 Å². The lowest BCUT2D eigenvalue weighted by Crippen LogP contribution is -2.29. The Kier molecular flexibility index (Phi) is 8.62. The number of methoxy groups -OCH3 is 1. The SMILES string of the molecule is COC(=O)C(CNCCCOCCO)c1ccccc1. The van der Waals surface area contributed by atoms with Crippen molar-refractivity contribution in [2.24, 2.45) is 0 Å². The van der Waals surface area contributed by atoms with Crippen LogP contribution in [-0.4, -0.2) is 51.1 Å². The molecule has 0 aromatic heterocycles. The summed E-state index contributed by atoms with van der Waals surface area (Å²) in [5.74, 6) is -0.528. The molecule has 1 atom stereocenters. The van der Waals surface area contributed by atoms with Crippen LogP contribution in [0.15, 0.2) is 30.3 Å². The van der Waals surface area contributed by atoms with Gasteiger partial charge in [-0.2, -0.15) is 0 Å². The lowest BCUT2D eigenvalue weighted by Gasteiger charge is -2.15. The third-order valence-electron chi connectivity index (χ3n) is 2.91. The van der Waals surface area contributed by atoms with Crippen molar-refractivity contribution in [3.05, 3.63) is 35.9 Å². The van der Waals surface area contributed by atoms with E-state index < -0.39 is 0 Å². The Morgan fingerprint density at radius 1 is 1.30 bits per heavy atom. The predicted octanol–water partition coefficient (Wildman–Crippen LogP) is 0.932. The van der Waals surface area contributed by atoms with E-state index in [0.717, 1.165) is 18.5 Å². The fraction of sp³-hybridized carbons (Fsp3) is 0.533. The van der Waals surface area contributed by atoms with Crippen molar-refractivity contribution < 1.29 is 19.4 Å². The summed E-state index contributed by atoms with van der Waals surface area (Å²) in [6, 6.07) is 9.59. The van der Waals surface area contributed by atoms with Crippen molar-refractivity contribution in [3.8, 4) is 0 Å². The van der Waals surface area contributed by atoms with Gasteiger partial charge in [-0.05, 0) is 18.5 Å². The molecule has 0 heterocycles. The number of hydrogen-bond donors (Lipinski definition) is 2. The van der Waals surface area contributed by atoms with Gasteiger partial charge < -0.3 is 19.9 Å². The second kappa shape index (κ2) is 10.4. The molecular formula is C15H23NO4. The summed E-state index contributed by atoms with van der Waals surface area (Å²) in [6.07, 6.45) is 0.836. The van der Waals surface area contributed by atoms with Crippen LogP contribution < -0.4 is 5.32 Å². The molecular weight excluding hydrogens is 258 g/mol. The highest BCUT2D eigenvalue weighted by Crippen LogP contribution is 2.16. The van der Waals surface area contributed by atoms with E-state index in [1.165, 1.54) is 7.11 Å². The van der Waals surface area contributed by atoms with Gasteiger partial charge in [-0.15, -0.1) is 0 Å². The van der Waals surface area contributed by atoms with Gasteiger partial charge in [0.2, 0.25) is 0 Å². The highest BCUT2D eigenvalue weighted by Gasteiger charge is 2.20. The normalized spacial score (nSPS) is 12.1. The average molecular weight is 281 g/mol. The van der Waals surface area contributed by atoms with Crippen molar-refractivity contribution in [3.63, 3.8) is 0 Å². The zero-order chi connectivity index (χ0) is 14.6. The minimum atomic E-state index is -0.292. The van der Waals surface area contributed by atoms with Crippen LogP contribution >= 0.6 is 0 Å². The maximum Gasteiger partial charge on any atom is 0.314 e. The van der Waals surface area contributed by atoms with Crippen molar-refractivity contribution in [2.45, 2.75) is 12.3 Å². The molecule has 1 aromatic carbocycles.